The standard InChI is InChI=1S/C16H27N3O2/c1-11(2)19-13(4)15(12(3)18-19)17-14-5-7-16(8-6-14)20-9-10-21-16/h11,14,17H,5-10H2,1-4H3. The van der Waals surface area contributed by atoms with Crippen molar-refractivity contribution in [3.8, 4) is 0 Å². The van der Waals surface area contributed by atoms with Gasteiger partial charge in [0.1, 0.15) is 0 Å². The van der Waals surface area contributed by atoms with E-state index in [0.29, 0.717) is 12.1 Å². The lowest BCUT2D eigenvalue weighted by molar-refractivity contribution is -0.177. The zero-order valence-corrected chi connectivity index (χ0v) is 13.6. The van der Waals surface area contributed by atoms with E-state index in [9.17, 15) is 0 Å². The largest absolute Gasteiger partial charge is 0.379 e. The van der Waals surface area contributed by atoms with Gasteiger partial charge in [-0.15, -0.1) is 0 Å². The second-order valence-corrected chi connectivity index (χ2v) is 6.61. The minimum absolute atomic E-state index is 0.273. The van der Waals surface area contributed by atoms with Crippen LogP contribution in [0.1, 0.15) is 57.0 Å². The van der Waals surface area contributed by atoms with E-state index in [4.69, 9.17) is 9.47 Å². The molecule has 0 atom stereocenters. The Morgan fingerprint density at radius 2 is 1.81 bits per heavy atom. The van der Waals surface area contributed by atoms with Crippen LogP contribution in [0.15, 0.2) is 0 Å². The van der Waals surface area contributed by atoms with Crippen molar-refractivity contribution in [1.29, 1.82) is 0 Å². The van der Waals surface area contributed by atoms with Crippen LogP contribution in [0.25, 0.3) is 0 Å². The summed E-state index contributed by atoms with van der Waals surface area (Å²) in [7, 11) is 0. The van der Waals surface area contributed by atoms with Crippen molar-refractivity contribution in [3.63, 3.8) is 0 Å². The van der Waals surface area contributed by atoms with Gasteiger partial charge in [0.05, 0.1) is 30.3 Å². The van der Waals surface area contributed by atoms with Crippen molar-refractivity contribution in [2.45, 2.75) is 71.2 Å². The molecule has 21 heavy (non-hydrogen) atoms. The van der Waals surface area contributed by atoms with Crippen molar-refractivity contribution in [1.82, 2.24) is 9.78 Å². The maximum Gasteiger partial charge on any atom is 0.168 e. The van der Waals surface area contributed by atoms with Gasteiger partial charge in [-0.3, -0.25) is 4.68 Å². The maximum absolute atomic E-state index is 5.80. The highest BCUT2D eigenvalue weighted by atomic mass is 16.7. The fraction of sp³-hybridized carbons (Fsp3) is 0.812. The SMILES string of the molecule is Cc1nn(C(C)C)c(C)c1NC1CCC2(CC1)OCCO2. The van der Waals surface area contributed by atoms with Crippen LogP contribution in [0, 0.1) is 13.8 Å². The third-order valence-corrected chi connectivity index (χ3v) is 4.72. The van der Waals surface area contributed by atoms with Gasteiger partial charge in [0.2, 0.25) is 0 Å². The zero-order chi connectivity index (χ0) is 15.0. The first-order valence-corrected chi connectivity index (χ1v) is 8.11. The molecule has 1 saturated heterocycles. The average molecular weight is 293 g/mol. The molecule has 1 aliphatic heterocycles. The first-order valence-electron chi connectivity index (χ1n) is 8.11. The molecule has 2 heterocycles. The van der Waals surface area contributed by atoms with Gasteiger partial charge >= 0.3 is 0 Å². The third-order valence-electron chi connectivity index (χ3n) is 4.72. The van der Waals surface area contributed by atoms with E-state index >= 15 is 0 Å². The molecule has 3 rings (SSSR count). The summed E-state index contributed by atoms with van der Waals surface area (Å²) in [6.45, 7) is 10.1. The number of nitrogens with zero attached hydrogens (tertiary/aromatic N) is 2. The second kappa shape index (κ2) is 5.61. The van der Waals surface area contributed by atoms with Crippen LogP contribution < -0.4 is 5.32 Å². The highest BCUT2D eigenvalue weighted by molar-refractivity contribution is 5.53. The van der Waals surface area contributed by atoms with E-state index in [1.165, 1.54) is 11.4 Å². The number of hydrogen-bond donors (Lipinski definition) is 1. The van der Waals surface area contributed by atoms with Gasteiger partial charge < -0.3 is 14.8 Å². The van der Waals surface area contributed by atoms with E-state index in [2.05, 4.69) is 42.8 Å². The summed E-state index contributed by atoms with van der Waals surface area (Å²) in [5.41, 5.74) is 3.53. The summed E-state index contributed by atoms with van der Waals surface area (Å²) in [6, 6.07) is 0.889. The predicted octanol–water partition coefficient (Wildman–Crippen LogP) is 3.18. The first kappa shape index (κ1) is 14.9. The molecule has 0 amide bonds. The topological polar surface area (TPSA) is 48.3 Å². The minimum Gasteiger partial charge on any atom is -0.379 e. The van der Waals surface area contributed by atoms with Crippen molar-refractivity contribution < 1.29 is 9.47 Å². The average Bonchev–Trinajstić information content (AvgIpc) is 3.01. The molecular weight excluding hydrogens is 266 g/mol. The van der Waals surface area contributed by atoms with E-state index < -0.39 is 0 Å². The Bertz CT molecular complexity index is 494. The highest BCUT2D eigenvalue weighted by Crippen LogP contribution is 2.37. The number of rotatable bonds is 3. The van der Waals surface area contributed by atoms with Crippen LogP contribution >= 0.6 is 0 Å². The van der Waals surface area contributed by atoms with Gasteiger partial charge in [-0.2, -0.15) is 5.10 Å². The summed E-state index contributed by atoms with van der Waals surface area (Å²) in [4.78, 5) is 0. The number of hydrogen-bond acceptors (Lipinski definition) is 4. The van der Waals surface area contributed by atoms with Gasteiger partial charge in [-0.1, -0.05) is 0 Å². The van der Waals surface area contributed by atoms with Crippen LogP contribution in [0.2, 0.25) is 0 Å². The van der Waals surface area contributed by atoms with Crippen molar-refractivity contribution in [3.05, 3.63) is 11.4 Å². The van der Waals surface area contributed by atoms with Gasteiger partial charge in [-0.05, 0) is 40.5 Å². The normalized spacial score (nSPS) is 22.3. The molecule has 1 aliphatic carbocycles. The van der Waals surface area contributed by atoms with Crippen molar-refractivity contribution in [2.75, 3.05) is 18.5 Å². The van der Waals surface area contributed by atoms with Crippen LogP contribution in [0.3, 0.4) is 0 Å². The van der Waals surface area contributed by atoms with Crippen molar-refractivity contribution in [2.24, 2.45) is 0 Å². The van der Waals surface area contributed by atoms with E-state index in [-0.39, 0.29) is 5.79 Å². The van der Waals surface area contributed by atoms with Gasteiger partial charge in [-0.25, -0.2) is 0 Å². The van der Waals surface area contributed by atoms with E-state index in [1.54, 1.807) is 0 Å². The molecule has 0 radical (unpaired) electrons. The van der Waals surface area contributed by atoms with Gasteiger partial charge in [0.15, 0.2) is 5.79 Å². The summed E-state index contributed by atoms with van der Waals surface area (Å²) >= 11 is 0. The molecule has 5 heteroatoms. The zero-order valence-electron chi connectivity index (χ0n) is 13.6. The van der Waals surface area contributed by atoms with Crippen LogP contribution in [0.4, 0.5) is 5.69 Å². The fourth-order valence-corrected chi connectivity index (χ4v) is 3.57. The molecule has 1 spiro atoms. The van der Waals surface area contributed by atoms with Crippen LogP contribution in [-0.4, -0.2) is 34.8 Å². The Hall–Kier alpha value is -1.07. The lowest BCUT2D eigenvalue weighted by Gasteiger charge is -2.36. The van der Waals surface area contributed by atoms with Crippen molar-refractivity contribution >= 4 is 5.69 Å². The lowest BCUT2D eigenvalue weighted by Crippen LogP contribution is -2.39. The predicted molar refractivity (Wildman–Crippen MR) is 82.6 cm³/mol. The lowest BCUT2D eigenvalue weighted by atomic mass is 9.90. The number of anilines is 1. The molecule has 0 aromatic carbocycles. The minimum atomic E-state index is -0.273. The molecule has 1 N–H and O–H groups in total. The highest BCUT2D eigenvalue weighted by Gasteiger charge is 2.40. The molecule has 0 bridgehead atoms. The number of aromatic nitrogens is 2. The number of ether oxygens (including phenoxy) is 2. The summed E-state index contributed by atoms with van der Waals surface area (Å²) < 4.78 is 13.7. The Morgan fingerprint density at radius 3 is 2.33 bits per heavy atom. The molecule has 2 fully saturated rings. The smallest absolute Gasteiger partial charge is 0.168 e. The fourth-order valence-electron chi connectivity index (χ4n) is 3.57. The molecular formula is C16H27N3O2. The summed E-state index contributed by atoms with van der Waals surface area (Å²) in [5, 5.41) is 8.36. The Morgan fingerprint density at radius 1 is 1.19 bits per heavy atom. The molecule has 5 nitrogen and oxygen atoms in total. The first-order chi connectivity index (χ1) is 10.0. The molecule has 2 aliphatic rings. The Balaban J connectivity index is 1.65. The Labute approximate surface area is 127 Å². The second-order valence-electron chi connectivity index (χ2n) is 6.61. The van der Waals surface area contributed by atoms with Gasteiger partial charge in [0.25, 0.3) is 0 Å². The number of aryl methyl sites for hydroxylation is 1. The molecule has 1 aromatic rings. The molecule has 118 valence electrons. The van der Waals surface area contributed by atoms with E-state index in [0.717, 1.165) is 44.6 Å². The summed E-state index contributed by atoms with van der Waals surface area (Å²) in [5.74, 6) is -0.273. The van der Waals surface area contributed by atoms with Crippen LogP contribution in [0.5, 0.6) is 0 Å². The third kappa shape index (κ3) is 2.81. The Kier molecular flexibility index (Phi) is 3.97. The molecule has 1 aromatic heterocycles. The van der Waals surface area contributed by atoms with E-state index in [1.807, 2.05) is 0 Å². The maximum atomic E-state index is 5.80. The molecule has 0 unspecified atom stereocenters. The molecule has 1 saturated carbocycles. The number of nitrogens with one attached hydrogen (secondary N) is 1. The quantitative estimate of drug-likeness (QED) is 0.930. The van der Waals surface area contributed by atoms with Crippen LogP contribution in [-0.2, 0) is 9.47 Å². The van der Waals surface area contributed by atoms with Gasteiger partial charge in [0, 0.05) is 24.9 Å². The monoisotopic (exact) mass is 293 g/mol. The summed E-state index contributed by atoms with van der Waals surface area (Å²) in [6.07, 6.45) is 4.15.